The molecule has 1 aromatic heterocycles. The van der Waals surface area contributed by atoms with Gasteiger partial charge in [-0.2, -0.15) is 0 Å². The Balaban J connectivity index is 1.87. The molecule has 1 heterocycles. The van der Waals surface area contributed by atoms with E-state index in [0.29, 0.717) is 0 Å². The molecule has 0 radical (unpaired) electrons. The Morgan fingerprint density at radius 1 is 1.18 bits per heavy atom. The third-order valence-corrected chi connectivity index (χ3v) is 2.92. The van der Waals surface area contributed by atoms with Gasteiger partial charge < -0.3 is 4.74 Å². The molecule has 3 nitrogen and oxygen atoms in total. The first kappa shape index (κ1) is 10.3. The lowest BCUT2D eigenvalue weighted by Gasteiger charge is -2.10. The van der Waals surface area contributed by atoms with Crippen LogP contribution in [-0.2, 0) is 0 Å². The Kier molecular flexibility index (Phi) is 2.74. The quantitative estimate of drug-likeness (QED) is 0.804. The summed E-state index contributed by atoms with van der Waals surface area (Å²) in [6.45, 7) is 0.822. The zero-order valence-electron chi connectivity index (χ0n) is 9.54. The summed E-state index contributed by atoms with van der Waals surface area (Å²) >= 11 is 0. The molecule has 86 valence electrons. The summed E-state index contributed by atoms with van der Waals surface area (Å²) in [5.41, 5.74) is 1.95. The number of ether oxygens (including phenoxy) is 1. The lowest BCUT2D eigenvalue weighted by atomic mass is 10.1. The predicted molar refractivity (Wildman–Crippen MR) is 65.7 cm³/mol. The van der Waals surface area contributed by atoms with E-state index in [9.17, 15) is 0 Å². The Labute approximate surface area is 100 Å². The van der Waals surface area contributed by atoms with Crippen molar-refractivity contribution in [2.75, 3.05) is 6.61 Å². The molecule has 2 aromatic rings. The summed E-state index contributed by atoms with van der Waals surface area (Å²) in [6.07, 6.45) is 5.92. The van der Waals surface area contributed by atoms with Gasteiger partial charge in [-0.25, -0.2) is 9.97 Å². The molecule has 1 aliphatic carbocycles. The van der Waals surface area contributed by atoms with Crippen LogP contribution in [0, 0.1) is 5.92 Å². The van der Waals surface area contributed by atoms with Crippen LogP contribution in [0.4, 0.5) is 0 Å². The summed E-state index contributed by atoms with van der Waals surface area (Å²) in [6, 6.07) is 9.93. The normalized spacial score (nSPS) is 14.6. The van der Waals surface area contributed by atoms with Crippen LogP contribution in [0.25, 0.3) is 11.3 Å². The van der Waals surface area contributed by atoms with E-state index in [1.54, 1.807) is 12.5 Å². The summed E-state index contributed by atoms with van der Waals surface area (Å²) < 4.78 is 5.86. The van der Waals surface area contributed by atoms with Crippen LogP contribution >= 0.6 is 0 Å². The average Bonchev–Trinajstić information content (AvgIpc) is 3.22. The van der Waals surface area contributed by atoms with E-state index in [1.165, 1.54) is 12.8 Å². The number of para-hydroxylation sites is 1. The molecule has 3 rings (SSSR count). The molecule has 0 spiro atoms. The molecule has 1 saturated carbocycles. The van der Waals surface area contributed by atoms with Crippen LogP contribution in [-0.4, -0.2) is 16.6 Å². The van der Waals surface area contributed by atoms with E-state index in [1.807, 2.05) is 30.3 Å². The van der Waals surface area contributed by atoms with Gasteiger partial charge in [0.2, 0.25) is 0 Å². The van der Waals surface area contributed by atoms with Crippen molar-refractivity contribution in [3.63, 3.8) is 0 Å². The van der Waals surface area contributed by atoms with Crippen LogP contribution in [0.3, 0.4) is 0 Å². The Morgan fingerprint density at radius 2 is 2.06 bits per heavy atom. The Bertz CT molecular complexity index is 495. The second-order valence-electron chi connectivity index (χ2n) is 4.35. The number of nitrogens with zero attached hydrogens (tertiary/aromatic N) is 2. The monoisotopic (exact) mass is 226 g/mol. The fourth-order valence-corrected chi connectivity index (χ4v) is 1.75. The first-order chi connectivity index (χ1) is 8.43. The maximum Gasteiger partial charge on any atom is 0.128 e. The van der Waals surface area contributed by atoms with Crippen LogP contribution in [0.15, 0.2) is 42.9 Å². The molecule has 3 heteroatoms. The Morgan fingerprint density at radius 3 is 2.82 bits per heavy atom. The van der Waals surface area contributed by atoms with Crippen LogP contribution in [0.1, 0.15) is 12.8 Å². The van der Waals surface area contributed by atoms with Crippen molar-refractivity contribution in [3.05, 3.63) is 42.9 Å². The van der Waals surface area contributed by atoms with Crippen molar-refractivity contribution in [2.24, 2.45) is 5.92 Å². The van der Waals surface area contributed by atoms with Crippen molar-refractivity contribution in [1.29, 1.82) is 0 Å². The van der Waals surface area contributed by atoms with E-state index in [0.717, 1.165) is 29.5 Å². The third kappa shape index (κ3) is 2.44. The molecule has 0 saturated heterocycles. The second kappa shape index (κ2) is 4.53. The van der Waals surface area contributed by atoms with Crippen molar-refractivity contribution in [2.45, 2.75) is 12.8 Å². The fraction of sp³-hybridized carbons (Fsp3) is 0.286. The maximum atomic E-state index is 5.86. The van der Waals surface area contributed by atoms with Gasteiger partial charge in [-0.1, -0.05) is 12.1 Å². The minimum absolute atomic E-state index is 0.758. The van der Waals surface area contributed by atoms with Crippen LogP contribution in [0.5, 0.6) is 5.75 Å². The average molecular weight is 226 g/mol. The molecule has 0 N–H and O–H groups in total. The number of benzene rings is 1. The zero-order chi connectivity index (χ0) is 11.5. The molecular formula is C14H14N2O. The van der Waals surface area contributed by atoms with Crippen molar-refractivity contribution < 1.29 is 4.74 Å². The van der Waals surface area contributed by atoms with E-state index in [2.05, 4.69) is 9.97 Å². The largest absolute Gasteiger partial charge is 0.493 e. The lowest BCUT2D eigenvalue weighted by Crippen LogP contribution is -2.00. The van der Waals surface area contributed by atoms with Gasteiger partial charge in [0, 0.05) is 11.8 Å². The molecule has 17 heavy (non-hydrogen) atoms. The minimum Gasteiger partial charge on any atom is -0.493 e. The molecule has 1 aliphatic rings. The van der Waals surface area contributed by atoms with Gasteiger partial charge in [-0.15, -0.1) is 0 Å². The van der Waals surface area contributed by atoms with Gasteiger partial charge >= 0.3 is 0 Å². The number of rotatable bonds is 4. The summed E-state index contributed by atoms with van der Waals surface area (Å²) in [7, 11) is 0. The first-order valence-electron chi connectivity index (χ1n) is 5.92. The smallest absolute Gasteiger partial charge is 0.128 e. The first-order valence-corrected chi connectivity index (χ1v) is 5.92. The van der Waals surface area contributed by atoms with Crippen molar-refractivity contribution in [1.82, 2.24) is 9.97 Å². The number of aromatic nitrogens is 2. The van der Waals surface area contributed by atoms with E-state index in [4.69, 9.17) is 4.74 Å². The minimum atomic E-state index is 0.758. The highest BCUT2D eigenvalue weighted by Gasteiger charge is 2.22. The maximum absolute atomic E-state index is 5.86. The van der Waals surface area contributed by atoms with Crippen molar-refractivity contribution >= 4 is 0 Å². The van der Waals surface area contributed by atoms with E-state index in [-0.39, 0.29) is 0 Å². The van der Waals surface area contributed by atoms with Gasteiger partial charge in [0.15, 0.2) is 0 Å². The summed E-state index contributed by atoms with van der Waals surface area (Å²) in [5, 5.41) is 0. The highest BCUT2D eigenvalue weighted by molar-refractivity contribution is 5.66. The summed E-state index contributed by atoms with van der Waals surface area (Å²) in [4.78, 5) is 8.19. The molecular weight excluding hydrogens is 212 g/mol. The molecule has 1 fully saturated rings. The van der Waals surface area contributed by atoms with Gasteiger partial charge in [-0.05, 0) is 37.0 Å². The summed E-state index contributed by atoms with van der Waals surface area (Å²) in [5.74, 6) is 1.67. The zero-order valence-corrected chi connectivity index (χ0v) is 9.54. The third-order valence-electron chi connectivity index (χ3n) is 2.92. The van der Waals surface area contributed by atoms with Gasteiger partial charge in [-0.3, -0.25) is 0 Å². The van der Waals surface area contributed by atoms with Crippen LogP contribution < -0.4 is 4.74 Å². The molecule has 0 amide bonds. The predicted octanol–water partition coefficient (Wildman–Crippen LogP) is 2.93. The molecule has 0 atom stereocenters. The molecule has 0 bridgehead atoms. The van der Waals surface area contributed by atoms with E-state index < -0.39 is 0 Å². The standard InChI is InChI=1S/C14H14N2O/c1-2-4-14(17-9-11-5-6-11)12(3-1)13-7-8-15-10-16-13/h1-4,7-8,10-11H,5-6,9H2. The van der Waals surface area contributed by atoms with Crippen LogP contribution in [0.2, 0.25) is 0 Å². The Hall–Kier alpha value is -1.90. The molecule has 0 unspecified atom stereocenters. The fourth-order valence-electron chi connectivity index (χ4n) is 1.75. The van der Waals surface area contributed by atoms with Gasteiger partial charge in [0.1, 0.15) is 12.1 Å². The second-order valence-corrected chi connectivity index (χ2v) is 4.35. The molecule has 1 aromatic carbocycles. The number of hydrogen-bond acceptors (Lipinski definition) is 3. The lowest BCUT2D eigenvalue weighted by molar-refractivity contribution is 0.301. The highest BCUT2D eigenvalue weighted by Crippen LogP contribution is 2.32. The topological polar surface area (TPSA) is 35.0 Å². The molecule has 0 aliphatic heterocycles. The van der Waals surface area contributed by atoms with Crippen molar-refractivity contribution in [3.8, 4) is 17.0 Å². The number of hydrogen-bond donors (Lipinski definition) is 0. The van der Waals surface area contributed by atoms with Gasteiger partial charge in [0.25, 0.3) is 0 Å². The van der Waals surface area contributed by atoms with E-state index >= 15 is 0 Å². The highest BCUT2D eigenvalue weighted by atomic mass is 16.5. The SMILES string of the molecule is c1ccc(-c2ccncn2)c(OCC2CC2)c1. The van der Waals surface area contributed by atoms with Gasteiger partial charge in [0.05, 0.1) is 12.3 Å².